The fourth-order valence-corrected chi connectivity index (χ4v) is 6.07. The lowest BCUT2D eigenvalue weighted by atomic mass is 10.2. The van der Waals surface area contributed by atoms with Crippen LogP contribution in [-0.2, 0) is 10.0 Å². The molecule has 3 heterocycles. The smallest absolute Gasteiger partial charge is 0.250 e. The van der Waals surface area contributed by atoms with Gasteiger partial charge in [0.2, 0.25) is 10.0 Å². The average Bonchev–Trinajstić information content (AvgIpc) is 3.20. The third-order valence-electron chi connectivity index (χ3n) is 3.73. The van der Waals surface area contributed by atoms with Gasteiger partial charge in [0.1, 0.15) is 4.21 Å². The van der Waals surface area contributed by atoms with E-state index < -0.39 is 10.0 Å². The van der Waals surface area contributed by atoms with Gasteiger partial charge in [-0.3, -0.25) is 4.90 Å². The van der Waals surface area contributed by atoms with Crippen LogP contribution in [0.1, 0.15) is 23.8 Å². The highest BCUT2D eigenvalue weighted by molar-refractivity contribution is 7.91. The molecule has 0 spiro atoms. The van der Waals surface area contributed by atoms with E-state index >= 15 is 0 Å². The molecule has 0 amide bonds. The summed E-state index contributed by atoms with van der Waals surface area (Å²) >= 11 is 8.59. The van der Waals surface area contributed by atoms with Crippen molar-refractivity contribution in [2.24, 2.45) is 0 Å². The normalized spacial score (nSPS) is 17.9. The standard InChI is InChI=1S/C14H17ClN2O2S3/c15-13-5-6-14(21-13)22(18,19)16-10-11(12-4-3-9-20-12)17-7-1-2-8-17/h3-6,9,11,16H,1-2,7-8,10H2. The monoisotopic (exact) mass is 376 g/mol. The Bertz CT molecular complexity index is 706. The minimum atomic E-state index is -3.49. The number of nitrogens with one attached hydrogen (secondary N) is 1. The van der Waals surface area contributed by atoms with Crippen LogP contribution < -0.4 is 4.72 Å². The number of sulfonamides is 1. The summed E-state index contributed by atoms with van der Waals surface area (Å²) < 4.78 is 28.2. The van der Waals surface area contributed by atoms with Gasteiger partial charge in [-0.15, -0.1) is 22.7 Å². The molecule has 8 heteroatoms. The number of likely N-dealkylation sites (tertiary alicyclic amines) is 1. The SMILES string of the molecule is O=S(=O)(NCC(c1cccs1)N1CCCC1)c1ccc(Cl)s1. The van der Waals surface area contributed by atoms with Gasteiger partial charge in [0, 0.05) is 11.4 Å². The molecule has 1 unspecified atom stereocenters. The lowest BCUT2D eigenvalue weighted by Crippen LogP contribution is -2.36. The van der Waals surface area contributed by atoms with E-state index in [9.17, 15) is 8.42 Å². The zero-order chi connectivity index (χ0) is 15.6. The summed E-state index contributed by atoms with van der Waals surface area (Å²) in [4.78, 5) is 3.56. The summed E-state index contributed by atoms with van der Waals surface area (Å²) in [6.07, 6.45) is 2.35. The minimum Gasteiger partial charge on any atom is -0.294 e. The van der Waals surface area contributed by atoms with Gasteiger partial charge in [-0.05, 0) is 49.5 Å². The number of hydrogen-bond acceptors (Lipinski definition) is 5. The first-order valence-corrected chi connectivity index (χ1v) is 10.6. The predicted octanol–water partition coefficient (Wildman–Crippen LogP) is 3.58. The molecule has 2 aromatic rings. The van der Waals surface area contributed by atoms with Crippen molar-refractivity contribution in [3.8, 4) is 0 Å². The lowest BCUT2D eigenvalue weighted by molar-refractivity contribution is 0.250. The zero-order valence-corrected chi connectivity index (χ0v) is 15.1. The summed E-state index contributed by atoms with van der Waals surface area (Å²) in [5.41, 5.74) is 0. The highest BCUT2D eigenvalue weighted by Gasteiger charge is 2.26. The summed E-state index contributed by atoms with van der Waals surface area (Å²) in [7, 11) is -3.49. The average molecular weight is 377 g/mol. The van der Waals surface area contributed by atoms with Crippen LogP contribution in [-0.4, -0.2) is 33.0 Å². The molecule has 3 rings (SSSR count). The molecule has 1 atom stereocenters. The maximum atomic E-state index is 12.4. The highest BCUT2D eigenvalue weighted by Crippen LogP contribution is 2.29. The second-order valence-corrected chi connectivity index (χ2v) is 9.87. The second kappa shape index (κ2) is 6.98. The highest BCUT2D eigenvalue weighted by atomic mass is 35.5. The van der Waals surface area contributed by atoms with Crippen molar-refractivity contribution < 1.29 is 8.42 Å². The molecular weight excluding hydrogens is 360 g/mol. The first-order chi connectivity index (χ1) is 10.6. The third-order valence-corrected chi connectivity index (χ3v) is 7.85. The fraction of sp³-hybridized carbons (Fsp3) is 0.429. The van der Waals surface area contributed by atoms with E-state index in [4.69, 9.17) is 11.6 Å². The summed E-state index contributed by atoms with van der Waals surface area (Å²) in [5.74, 6) is 0. The molecule has 120 valence electrons. The van der Waals surface area contributed by atoms with Crippen LogP contribution in [0, 0.1) is 0 Å². The van der Waals surface area contributed by atoms with Crippen LogP contribution >= 0.6 is 34.3 Å². The van der Waals surface area contributed by atoms with Crippen molar-refractivity contribution in [2.75, 3.05) is 19.6 Å². The molecular formula is C14H17ClN2O2S3. The van der Waals surface area contributed by atoms with Gasteiger partial charge >= 0.3 is 0 Å². The summed E-state index contributed by atoms with van der Waals surface area (Å²) in [5, 5.41) is 2.03. The molecule has 4 nitrogen and oxygen atoms in total. The summed E-state index contributed by atoms with van der Waals surface area (Å²) in [6, 6.07) is 7.34. The molecule has 1 aliphatic rings. The van der Waals surface area contributed by atoms with Crippen molar-refractivity contribution in [1.29, 1.82) is 0 Å². The predicted molar refractivity (Wildman–Crippen MR) is 92.4 cm³/mol. The van der Waals surface area contributed by atoms with E-state index in [0.717, 1.165) is 24.4 Å². The van der Waals surface area contributed by atoms with Crippen LogP contribution in [0.4, 0.5) is 0 Å². The van der Waals surface area contributed by atoms with Gasteiger partial charge in [0.15, 0.2) is 0 Å². The Morgan fingerprint density at radius 1 is 1.27 bits per heavy atom. The van der Waals surface area contributed by atoms with Crippen molar-refractivity contribution in [2.45, 2.75) is 23.1 Å². The van der Waals surface area contributed by atoms with Gasteiger partial charge < -0.3 is 0 Å². The number of thiophene rings is 2. The van der Waals surface area contributed by atoms with Crippen LogP contribution in [0.15, 0.2) is 33.9 Å². The van der Waals surface area contributed by atoms with Crippen LogP contribution in [0.3, 0.4) is 0 Å². The molecule has 0 radical (unpaired) electrons. The Kier molecular flexibility index (Phi) is 5.21. The van der Waals surface area contributed by atoms with Gasteiger partial charge in [-0.25, -0.2) is 13.1 Å². The Labute approximate surface area is 143 Å². The molecule has 1 N–H and O–H groups in total. The molecule has 0 saturated carbocycles. The Balaban J connectivity index is 1.74. The van der Waals surface area contributed by atoms with Gasteiger partial charge in [-0.2, -0.15) is 0 Å². The van der Waals surface area contributed by atoms with Crippen molar-refractivity contribution in [3.05, 3.63) is 38.9 Å². The largest absolute Gasteiger partial charge is 0.294 e. The Morgan fingerprint density at radius 2 is 2.05 bits per heavy atom. The quantitative estimate of drug-likeness (QED) is 0.838. The Hall–Kier alpha value is -0.440. The van der Waals surface area contributed by atoms with E-state index in [2.05, 4.69) is 15.7 Å². The maximum absolute atomic E-state index is 12.4. The van der Waals surface area contributed by atoms with Crippen LogP contribution in [0.5, 0.6) is 0 Å². The molecule has 22 heavy (non-hydrogen) atoms. The second-order valence-electron chi connectivity index (χ2n) is 5.18. The van der Waals surface area contributed by atoms with E-state index in [1.54, 1.807) is 23.5 Å². The van der Waals surface area contributed by atoms with Crippen molar-refractivity contribution in [1.82, 2.24) is 9.62 Å². The topological polar surface area (TPSA) is 49.4 Å². The molecule has 1 saturated heterocycles. The minimum absolute atomic E-state index is 0.104. The number of hydrogen-bond donors (Lipinski definition) is 1. The molecule has 0 aromatic carbocycles. The molecule has 0 aliphatic carbocycles. The Morgan fingerprint density at radius 3 is 2.64 bits per heavy atom. The molecule has 0 bridgehead atoms. The zero-order valence-electron chi connectivity index (χ0n) is 11.9. The van der Waals surface area contributed by atoms with Crippen LogP contribution in [0.2, 0.25) is 4.34 Å². The lowest BCUT2D eigenvalue weighted by Gasteiger charge is -2.26. The van der Waals surface area contributed by atoms with Crippen LogP contribution in [0.25, 0.3) is 0 Å². The molecule has 1 fully saturated rings. The van der Waals surface area contributed by atoms with Crippen molar-refractivity contribution >= 4 is 44.3 Å². The van der Waals surface area contributed by atoms with E-state index in [1.165, 1.54) is 17.7 Å². The van der Waals surface area contributed by atoms with Gasteiger partial charge in [0.25, 0.3) is 0 Å². The van der Waals surface area contributed by atoms with Gasteiger partial charge in [-0.1, -0.05) is 17.7 Å². The maximum Gasteiger partial charge on any atom is 0.250 e. The third kappa shape index (κ3) is 3.72. The number of rotatable bonds is 6. The first kappa shape index (κ1) is 16.4. The molecule has 1 aliphatic heterocycles. The van der Waals surface area contributed by atoms with Crippen molar-refractivity contribution in [3.63, 3.8) is 0 Å². The van der Waals surface area contributed by atoms with E-state index in [-0.39, 0.29) is 10.3 Å². The number of nitrogens with zero attached hydrogens (tertiary/aromatic N) is 1. The number of halogens is 1. The molecule has 2 aromatic heterocycles. The van der Waals surface area contributed by atoms with Gasteiger partial charge in [0.05, 0.1) is 10.4 Å². The fourth-order valence-electron chi connectivity index (χ4n) is 2.65. The summed E-state index contributed by atoms with van der Waals surface area (Å²) in [6.45, 7) is 2.43. The van der Waals surface area contributed by atoms with E-state index in [1.807, 2.05) is 11.4 Å². The van der Waals surface area contributed by atoms with E-state index in [0.29, 0.717) is 10.9 Å². The first-order valence-electron chi connectivity index (χ1n) is 7.09.